The molecule has 0 saturated heterocycles. The van der Waals surface area contributed by atoms with E-state index in [-0.39, 0.29) is 0 Å². The molecule has 0 aliphatic carbocycles. The standard InChI is InChI=1S/C15H25N3OS/c1-3-16-15(17-9-10-20-2)18-12-14(19)11-13-7-5-4-6-8-13/h4-8,14,19H,3,9-12H2,1-2H3,(H2,16,17,18). The van der Waals surface area contributed by atoms with E-state index in [4.69, 9.17) is 0 Å². The van der Waals surface area contributed by atoms with Crippen molar-refractivity contribution in [2.24, 2.45) is 4.99 Å². The van der Waals surface area contributed by atoms with Gasteiger partial charge in [-0.15, -0.1) is 0 Å². The Morgan fingerprint density at radius 3 is 2.70 bits per heavy atom. The van der Waals surface area contributed by atoms with Crippen LogP contribution in [0.1, 0.15) is 12.5 Å². The van der Waals surface area contributed by atoms with Gasteiger partial charge in [0.15, 0.2) is 5.96 Å². The van der Waals surface area contributed by atoms with Crippen LogP contribution in [0.25, 0.3) is 0 Å². The van der Waals surface area contributed by atoms with E-state index in [9.17, 15) is 5.11 Å². The van der Waals surface area contributed by atoms with Crippen LogP contribution in [0.5, 0.6) is 0 Å². The summed E-state index contributed by atoms with van der Waals surface area (Å²) in [6, 6.07) is 10.00. The van der Waals surface area contributed by atoms with Gasteiger partial charge in [-0.3, -0.25) is 4.99 Å². The number of guanidine groups is 1. The molecule has 0 amide bonds. The van der Waals surface area contributed by atoms with Crippen molar-refractivity contribution in [1.82, 2.24) is 10.6 Å². The van der Waals surface area contributed by atoms with Crippen LogP contribution < -0.4 is 10.6 Å². The molecule has 5 heteroatoms. The van der Waals surface area contributed by atoms with Crippen molar-refractivity contribution in [3.8, 4) is 0 Å². The van der Waals surface area contributed by atoms with Crippen molar-refractivity contribution in [3.63, 3.8) is 0 Å². The van der Waals surface area contributed by atoms with Crippen LogP contribution in [0.3, 0.4) is 0 Å². The lowest BCUT2D eigenvalue weighted by Gasteiger charge is -2.12. The number of nitrogens with zero attached hydrogens (tertiary/aromatic N) is 1. The van der Waals surface area contributed by atoms with E-state index in [1.165, 1.54) is 0 Å². The summed E-state index contributed by atoms with van der Waals surface area (Å²) in [5.74, 6) is 1.81. The Balaban J connectivity index is 2.40. The Morgan fingerprint density at radius 1 is 1.30 bits per heavy atom. The van der Waals surface area contributed by atoms with Gasteiger partial charge in [0.25, 0.3) is 0 Å². The molecule has 0 spiro atoms. The molecule has 0 aliphatic rings. The van der Waals surface area contributed by atoms with Gasteiger partial charge in [0.2, 0.25) is 0 Å². The highest BCUT2D eigenvalue weighted by molar-refractivity contribution is 7.98. The number of aliphatic imine (C=N–C) groups is 1. The Bertz CT molecular complexity index is 384. The Morgan fingerprint density at radius 2 is 2.05 bits per heavy atom. The highest BCUT2D eigenvalue weighted by Crippen LogP contribution is 2.03. The van der Waals surface area contributed by atoms with Crippen molar-refractivity contribution < 1.29 is 5.11 Å². The molecule has 4 nitrogen and oxygen atoms in total. The van der Waals surface area contributed by atoms with Crippen LogP contribution in [-0.4, -0.2) is 48.8 Å². The van der Waals surface area contributed by atoms with Crippen molar-refractivity contribution in [1.29, 1.82) is 0 Å². The molecule has 1 rings (SSSR count). The quantitative estimate of drug-likeness (QED) is 0.386. The Kier molecular flexibility index (Phi) is 8.91. The van der Waals surface area contributed by atoms with E-state index in [1.54, 1.807) is 11.8 Å². The zero-order valence-corrected chi connectivity index (χ0v) is 13.1. The molecule has 3 N–H and O–H groups in total. The molecule has 0 aromatic heterocycles. The van der Waals surface area contributed by atoms with Crippen LogP contribution in [0.4, 0.5) is 0 Å². The molecule has 112 valence electrons. The summed E-state index contributed by atoms with van der Waals surface area (Å²) < 4.78 is 0. The average Bonchev–Trinajstić information content (AvgIpc) is 2.46. The van der Waals surface area contributed by atoms with Crippen LogP contribution in [0.2, 0.25) is 0 Å². The molecule has 1 aromatic rings. The summed E-state index contributed by atoms with van der Waals surface area (Å²) in [6.45, 7) is 4.14. The molecule has 1 unspecified atom stereocenters. The minimum Gasteiger partial charge on any atom is -0.391 e. The van der Waals surface area contributed by atoms with Gasteiger partial charge in [0.05, 0.1) is 12.6 Å². The van der Waals surface area contributed by atoms with E-state index in [0.717, 1.165) is 30.4 Å². The van der Waals surface area contributed by atoms with Gasteiger partial charge in [0, 0.05) is 25.3 Å². The van der Waals surface area contributed by atoms with Gasteiger partial charge in [-0.1, -0.05) is 30.3 Å². The first-order valence-corrected chi connectivity index (χ1v) is 8.38. The SMILES string of the molecule is CCNC(=NCC(O)Cc1ccccc1)NCCSC. The largest absolute Gasteiger partial charge is 0.391 e. The first-order chi connectivity index (χ1) is 9.76. The first kappa shape index (κ1) is 16.9. The molecule has 1 atom stereocenters. The van der Waals surface area contributed by atoms with Gasteiger partial charge < -0.3 is 15.7 Å². The maximum absolute atomic E-state index is 10.0. The van der Waals surface area contributed by atoms with Gasteiger partial charge in [-0.05, 0) is 18.7 Å². The summed E-state index contributed by atoms with van der Waals surface area (Å²) in [6.07, 6.45) is 2.26. The fourth-order valence-corrected chi connectivity index (χ4v) is 2.07. The number of rotatable bonds is 8. The summed E-state index contributed by atoms with van der Waals surface area (Å²) in [7, 11) is 0. The smallest absolute Gasteiger partial charge is 0.191 e. The third-order valence-corrected chi connectivity index (χ3v) is 3.33. The predicted molar refractivity (Wildman–Crippen MR) is 88.5 cm³/mol. The predicted octanol–water partition coefficient (Wildman–Crippen LogP) is 1.51. The molecule has 0 bridgehead atoms. The zero-order chi connectivity index (χ0) is 14.6. The fraction of sp³-hybridized carbons (Fsp3) is 0.533. The van der Waals surface area contributed by atoms with E-state index in [0.29, 0.717) is 13.0 Å². The number of aliphatic hydroxyl groups is 1. The lowest BCUT2D eigenvalue weighted by molar-refractivity contribution is 0.183. The average molecular weight is 295 g/mol. The molecule has 0 saturated carbocycles. The van der Waals surface area contributed by atoms with Gasteiger partial charge in [-0.2, -0.15) is 11.8 Å². The van der Waals surface area contributed by atoms with Crippen LogP contribution in [0.15, 0.2) is 35.3 Å². The molecule has 1 aromatic carbocycles. The number of hydrogen-bond donors (Lipinski definition) is 3. The zero-order valence-electron chi connectivity index (χ0n) is 12.3. The van der Waals surface area contributed by atoms with Crippen LogP contribution in [-0.2, 0) is 6.42 Å². The third kappa shape index (κ3) is 7.40. The van der Waals surface area contributed by atoms with Crippen molar-refractivity contribution in [2.45, 2.75) is 19.4 Å². The second kappa shape index (κ2) is 10.6. The minimum atomic E-state index is -0.451. The van der Waals surface area contributed by atoms with Crippen molar-refractivity contribution in [3.05, 3.63) is 35.9 Å². The summed E-state index contributed by atoms with van der Waals surface area (Å²) in [5, 5.41) is 16.5. The maximum Gasteiger partial charge on any atom is 0.191 e. The van der Waals surface area contributed by atoms with Gasteiger partial charge in [0.1, 0.15) is 0 Å². The summed E-state index contributed by atoms with van der Waals surface area (Å²) >= 11 is 1.79. The molecule has 0 aliphatic heterocycles. The second-order valence-electron chi connectivity index (χ2n) is 4.48. The lowest BCUT2D eigenvalue weighted by Crippen LogP contribution is -2.39. The second-order valence-corrected chi connectivity index (χ2v) is 5.47. The van der Waals surface area contributed by atoms with Crippen LogP contribution in [0, 0.1) is 0 Å². The molecule has 0 heterocycles. The Labute approximate surface area is 126 Å². The molecule has 0 radical (unpaired) electrons. The van der Waals surface area contributed by atoms with Crippen molar-refractivity contribution in [2.75, 3.05) is 31.6 Å². The van der Waals surface area contributed by atoms with Crippen LogP contribution >= 0.6 is 11.8 Å². The third-order valence-electron chi connectivity index (χ3n) is 2.72. The molecular formula is C15H25N3OS. The number of hydrogen-bond acceptors (Lipinski definition) is 3. The molecule has 0 fully saturated rings. The highest BCUT2D eigenvalue weighted by Gasteiger charge is 2.05. The number of benzene rings is 1. The van der Waals surface area contributed by atoms with Gasteiger partial charge >= 0.3 is 0 Å². The normalized spacial score (nSPS) is 13.1. The van der Waals surface area contributed by atoms with Crippen molar-refractivity contribution >= 4 is 17.7 Å². The number of aliphatic hydroxyl groups excluding tert-OH is 1. The summed E-state index contributed by atoms with van der Waals surface area (Å²) in [5.41, 5.74) is 1.13. The topological polar surface area (TPSA) is 56.7 Å². The maximum atomic E-state index is 10.0. The number of nitrogens with one attached hydrogen (secondary N) is 2. The van der Waals surface area contributed by atoms with E-state index >= 15 is 0 Å². The molecule has 20 heavy (non-hydrogen) atoms. The van der Waals surface area contributed by atoms with E-state index in [2.05, 4.69) is 21.9 Å². The Hall–Kier alpha value is -1.20. The first-order valence-electron chi connectivity index (χ1n) is 6.99. The minimum absolute atomic E-state index is 0.406. The van der Waals surface area contributed by atoms with E-state index < -0.39 is 6.10 Å². The van der Waals surface area contributed by atoms with Gasteiger partial charge in [-0.25, -0.2) is 0 Å². The summed E-state index contributed by atoms with van der Waals surface area (Å²) in [4.78, 5) is 4.42. The van der Waals surface area contributed by atoms with E-state index in [1.807, 2.05) is 37.3 Å². The fourth-order valence-electron chi connectivity index (χ4n) is 1.76. The number of thioether (sulfide) groups is 1. The monoisotopic (exact) mass is 295 g/mol. The highest BCUT2D eigenvalue weighted by atomic mass is 32.2. The molecular weight excluding hydrogens is 270 g/mol. The lowest BCUT2D eigenvalue weighted by atomic mass is 10.1.